The lowest BCUT2D eigenvalue weighted by Gasteiger charge is -2.44. The number of benzene rings is 1. The van der Waals surface area contributed by atoms with Crippen molar-refractivity contribution in [3.05, 3.63) is 28.8 Å². The lowest BCUT2D eigenvalue weighted by Crippen LogP contribution is -2.49. The Balaban J connectivity index is 2.13. The van der Waals surface area contributed by atoms with Crippen molar-refractivity contribution in [2.24, 2.45) is 5.73 Å². The highest BCUT2D eigenvalue weighted by Crippen LogP contribution is 2.49. The fourth-order valence-electron chi connectivity index (χ4n) is 3.83. The minimum absolute atomic E-state index is 0.0104. The van der Waals surface area contributed by atoms with Crippen LogP contribution in [0.5, 0.6) is 5.75 Å². The molecule has 98 valence electrons. The Morgan fingerprint density at radius 3 is 2.50 bits per heavy atom. The van der Waals surface area contributed by atoms with E-state index in [1.54, 1.807) is 0 Å². The lowest BCUT2D eigenvalue weighted by molar-refractivity contribution is 0.0216. The van der Waals surface area contributed by atoms with E-state index < -0.39 is 0 Å². The SMILES string of the molecule is Cc1cc(C)c2c(c1)C(C)(N)CC1(CCCC1)O2. The van der Waals surface area contributed by atoms with E-state index in [0.29, 0.717) is 0 Å². The summed E-state index contributed by atoms with van der Waals surface area (Å²) in [5.74, 6) is 1.05. The highest BCUT2D eigenvalue weighted by molar-refractivity contribution is 5.49. The number of rotatable bonds is 0. The molecular weight excluding hydrogens is 222 g/mol. The average Bonchev–Trinajstić information content (AvgIpc) is 2.68. The summed E-state index contributed by atoms with van der Waals surface area (Å²) >= 11 is 0. The molecule has 0 aromatic heterocycles. The number of ether oxygens (including phenoxy) is 1. The Kier molecular flexibility index (Phi) is 2.50. The monoisotopic (exact) mass is 245 g/mol. The third kappa shape index (κ3) is 1.74. The van der Waals surface area contributed by atoms with Gasteiger partial charge in [-0.1, -0.05) is 17.7 Å². The van der Waals surface area contributed by atoms with Crippen molar-refractivity contribution in [3.63, 3.8) is 0 Å². The Bertz CT molecular complexity index is 484. The predicted molar refractivity (Wildman–Crippen MR) is 73.9 cm³/mol. The molecule has 1 heterocycles. The molecule has 0 radical (unpaired) electrons. The summed E-state index contributed by atoms with van der Waals surface area (Å²) < 4.78 is 6.42. The topological polar surface area (TPSA) is 35.2 Å². The molecule has 1 saturated carbocycles. The maximum atomic E-state index is 6.60. The van der Waals surface area contributed by atoms with E-state index in [2.05, 4.69) is 32.9 Å². The molecule has 1 atom stereocenters. The van der Waals surface area contributed by atoms with Gasteiger partial charge in [0, 0.05) is 17.5 Å². The van der Waals surface area contributed by atoms with Crippen molar-refractivity contribution in [2.45, 2.75) is 64.0 Å². The summed E-state index contributed by atoms with van der Waals surface area (Å²) in [4.78, 5) is 0. The summed E-state index contributed by atoms with van der Waals surface area (Å²) in [5, 5.41) is 0. The van der Waals surface area contributed by atoms with Crippen LogP contribution in [-0.4, -0.2) is 5.60 Å². The molecule has 18 heavy (non-hydrogen) atoms. The largest absolute Gasteiger partial charge is 0.487 e. The van der Waals surface area contributed by atoms with Crippen molar-refractivity contribution in [2.75, 3.05) is 0 Å². The summed E-state index contributed by atoms with van der Waals surface area (Å²) in [5.41, 5.74) is 10.1. The van der Waals surface area contributed by atoms with Crippen molar-refractivity contribution >= 4 is 0 Å². The third-order valence-electron chi connectivity index (χ3n) is 4.56. The van der Waals surface area contributed by atoms with Crippen LogP contribution in [0.2, 0.25) is 0 Å². The first-order chi connectivity index (χ1) is 8.42. The minimum atomic E-state index is -0.255. The number of hydrogen-bond acceptors (Lipinski definition) is 2. The van der Waals surface area contributed by atoms with E-state index in [9.17, 15) is 0 Å². The Labute approximate surface area is 110 Å². The highest BCUT2D eigenvalue weighted by Gasteiger charge is 2.47. The molecule has 2 heteroatoms. The van der Waals surface area contributed by atoms with Gasteiger partial charge in [-0.25, -0.2) is 0 Å². The number of nitrogens with two attached hydrogens (primary N) is 1. The molecule has 0 bridgehead atoms. The van der Waals surface area contributed by atoms with Gasteiger partial charge in [-0.15, -0.1) is 0 Å². The first kappa shape index (κ1) is 12.0. The molecule has 1 aliphatic carbocycles. The summed E-state index contributed by atoms with van der Waals surface area (Å²) in [7, 11) is 0. The van der Waals surface area contributed by atoms with Gasteiger partial charge in [0.15, 0.2) is 0 Å². The zero-order chi connectivity index (χ0) is 13.0. The van der Waals surface area contributed by atoms with Crippen molar-refractivity contribution in [1.29, 1.82) is 0 Å². The fraction of sp³-hybridized carbons (Fsp3) is 0.625. The molecular formula is C16H23NO. The zero-order valence-electron chi connectivity index (χ0n) is 11.7. The molecule has 1 unspecified atom stereocenters. The standard InChI is InChI=1S/C16H23NO/c1-11-8-12(2)14-13(9-11)15(3,17)10-16(18-14)6-4-5-7-16/h8-9H,4-7,10,17H2,1-3H3. The lowest BCUT2D eigenvalue weighted by atomic mass is 9.76. The number of aryl methyl sites for hydroxylation is 2. The molecule has 3 rings (SSSR count). The molecule has 0 amide bonds. The van der Waals surface area contributed by atoms with E-state index in [0.717, 1.165) is 25.0 Å². The van der Waals surface area contributed by atoms with Crippen molar-refractivity contribution in [1.82, 2.24) is 0 Å². The quantitative estimate of drug-likeness (QED) is 0.758. The van der Waals surface area contributed by atoms with E-state index >= 15 is 0 Å². The van der Waals surface area contributed by atoms with Gasteiger partial charge in [-0.2, -0.15) is 0 Å². The van der Waals surface area contributed by atoms with Gasteiger partial charge in [0.05, 0.1) is 0 Å². The molecule has 1 aliphatic heterocycles. The molecule has 2 aliphatic rings. The Morgan fingerprint density at radius 1 is 1.17 bits per heavy atom. The second kappa shape index (κ2) is 3.74. The molecule has 2 N–H and O–H groups in total. The van der Waals surface area contributed by atoms with Crippen LogP contribution in [0.1, 0.15) is 55.7 Å². The Hall–Kier alpha value is -1.02. The van der Waals surface area contributed by atoms with E-state index in [-0.39, 0.29) is 11.1 Å². The zero-order valence-corrected chi connectivity index (χ0v) is 11.7. The van der Waals surface area contributed by atoms with Crippen molar-refractivity contribution in [3.8, 4) is 5.75 Å². The smallest absolute Gasteiger partial charge is 0.128 e. The van der Waals surface area contributed by atoms with Crippen molar-refractivity contribution < 1.29 is 4.74 Å². The van der Waals surface area contributed by atoms with Crippen LogP contribution in [-0.2, 0) is 5.54 Å². The van der Waals surface area contributed by atoms with Crippen LogP contribution in [0.15, 0.2) is 12.1 Å². The summed E-state index contributed by atoms with van der Waals surface area (Å²) in [6.07, 6.45) is 5.82. The van der Waals surface area contributed by atoms with Crippen LogP contribution in [0.25, 0.3) is 0 Å². The maximum Gasteiger partial charge on any atom is 0.128 e. The van der Waals surface area contributed by atoms with E-state index in [4.69, 9.17) is 10.5 Å². The van der Waals surface area contributed by atoms with Crippen LogP contribution in [0, 0.1) is 13.8 Å². The van der Waals surface area contributed by atoms with E-state index in [1.165, 1.54) is 29.5 Å². The molecule has 1 aromatic carbocycles. The van der Waals surface area contributed by atoms with Crippen LogP contribution in [0.4, 0.5) is 0 Å². The van der Waals surface area contributed by atoms with Crippen LogP contribution in [0.3, 0.4) is 0 Å². The van der Waals surface area contributed by atoms with Crippen LogP contribution < -0.4 is 10.5 Å². The first-order valence-corrected chi connectivity index (χ1v) is 7.02. The average molecular weight is 245 g/mol. The predicted octanol–water partition coefficient (Wildman–Crippen LogP) is 3.57. The fourth-order valence-corrected chi connectivity index (χ4v) is 3.83. The third-order valence-corrected chi connectivity index (χ3v) is 4.56. The number of fused-ring (bicyclic) bond motifs is 1. The number of hydrogen-bond donors (Lipinski definition) is 1. The molecule has 2 nitrogen and oxygen atoms in total. The molecule has 1 spiro atoms. The first-order valence-electron chi connectivity index (χ1n) is 7.02. The summed E-state index contributed by atoms with van der Waals surface area (Å²) in [6, 6.07) is 4.40. The van der Waals surface area contributed by atoms with Gasteiger partial charge in [0.25, 0.3) is 0 Å². The highest BCUT2D eigenvalue weighted by atomic mass is 16.5. The molecule has 1 fully saturated rings. The van der Waals surface area contributed by atoms with E-state index in [1.807, 2.05) is 0 Å². The Morgan fingerprint density at radius 2 is 1.83 bits per heavy atom. The second-order valence-electron chi connectivity index (χ2n) is 6.54. The van der Waals surface area contributed by atoms with Gasteiger partial charge in [0.2, 0.25) is 0 Å². The van der Waals surface area contributed by atoms with Crippen LogP contribution >= 0.6 is 0 Å². The van der Waals surface area contributed by atoms with Gasteiger partial charge < -0.3 is 10.5 Å². The summed E-state index contributed by atoms with van der Waals surface area (Å²) in [6.45, 7) is 6.42. The normalized spacial score (nSPS) is 29.1. The van der Waals surface area contributed by atoms with Gasteiger partial charge in [0.1, 0.15) is 11.4 Å². The molecule has 0 saturated heterocycles. The second-order valence-corrected chi connectivity index (χ2v) is 6.54. The van der Waals surface area contributed by atoms with Gasteiger partial charge >= 0.3 is 0 Å². The molecule has 1 aromatic rings. The minimum Gasteiger partial charge on any atom is -0.487 e. The van der Waals surface area contributed by atoms with Gasteiger partial charge in [-0.3, -0.25) is 0 Å². The maximum absolute atomic E-state index is 6.60. The van der Waals surface area contributed by atoms with Gasteiger partial charge in [-0.05, 0) is 52.0 Å².